The number of hydrogen-bond acceptors (Lipinski definition) is 5. The van der Waals surface area contributed by atoms with Crippen molar-refractivity contribution in [1.82, 2.24) is 4.57 Å². The van der Waals surface area contributed by atoms with Crippen LogP contribution in [0.4, 0.5) is 0 Å². The Hall–Kier alpha value is -2.80. The van der Waals surface area contributed by atoms with E-state index in [9.17, 15) is 4.79 Å². The van der Waals surface area contributed by atoms with Crippen molar-refractivity contribution in [2.75, 3.05) is 20.8 Å². The molecule has 7 heteroatoms. The van der Waals surface area contributed by atoms with E-state index in [0.717, 1.165) is 23.1 Å². The molecule has 3 aromatic rings. The standard InChI is InChI=1S/C21H24N2O4S/c1-5-6-10-27-15-9-7-8-14(11-15)20(24)22-21-23(2)16-12-17(25-3)18(26-4)13-19(16)28-21/h7-9,11-13H,5-6,10H2,1-4H3. The molecule has 0 N–H and O–H groups in total. The summed E-state index contributed by atoms with van der Waals surface area (Å²) in [5, 5.41) is 0. The molecule has 2 aromatic carbocycles. The maximum atomic E-state index is 12.7. The molecule has 28 heavy (non-hydrogen) atoms. The average molecular weight is 401 g/mol. The number of aromatic nitrogens is 1. The lowest BCUT2D eigenvalue weighted by Gasteiger charge is -2.07. The smallest absolute Gasteiger partial charge is 0.279 e. The number of methoxy groups -OCH3 is 2. The summed E-state index contributed by atoms with van der Waals surface area (Å²) in [6, 6.07) is 10.9. The molecule has 3 rings (SSSR count). The second-order valence-corrected chi connectivity index (χ2v) is 7.27. The van der Waals surface area contributed by atoms with Crippen LogP contribution >= 0.6 is 11.3 Å². The van der Waals surface area contributed by atoms with Gasteiger partial charge in [-0.3, -0.25) is 4.79 Å². The van der Waals surface area contributed by atoms with Crippen molar-refractivity contribution >= 4 is 27.5 Å². The highest BCUT2D eigenvalue weighted by molar-refractivity contribution is 7.16. The van der Waals surface area contributed by atoms with Crippen LogP contribution in [0.3, 0.4) is 0 Å². The third kappa shape index (κ3) is 4.20. The molecular formula is C21H24N2O4S. The number of ether oxygens (including phenoxy) is 3. The van der Waals surface area contributed by atoms with Gasteiger partial charge in [-0.05, 0) is 24.6 Å². The number of rotatable bonds is 7. The van der Waals surface area contributed by atoms with Crippen LogP contribution in [0.1, 0.15) is 30.1 Å². The SMILES string of the molecule is CCCCOc1cccc(C(=O)N=c2sc3cc(OC)c(OC)cc3n2C)c1. The van der Waals surface area contributed by atoms with E-state index in [1.54, 1.807) is 26.4 Å². The van der Waals surface area contributed by atoms with Crippen LogP contribution in [0.5, 0.6) is 17.2 Å². The third-order valence-electron chi connectivity index (χ3n) is 4.36. The molecule has 0 aliphatic carbocycles. The monoisotopic (exact) mass is 400 g/mol. The van der Waals surface area contributed by atoms with E-state index in [4.69, 9.17) is 14.2 Å². The first-order valence-corrected chi connectivity index (χ1v) is 9.92. The van der Waals surface area contributed by atoms with Gasteiger partial charge in [-0.1, -0.05) is 30.7 Å². The van der Waals surface area contributed by atoms with Crippen molar-refractivity contribution in [3.05, 3.63) is 46.8 Å². The number of thiazole rings is 1. The first-order valence-electron chi connectivity index (χ1n) is 9.10. The van der Waals surface area contributed by atoms with E-state index in [-0.39, 0.29) is 5.91 Å². The number of amides is 1. The summed E-state index contributed by atoms with van der Waals surface area (Å²) in [7, 11) is 5.07. The number of carbonyl (C=O) groups is 1. The number of nitrogens with zero attached hydrogens (tertiary/aromatic N) is 2. The van der Waals surface area contributed by atoms with Crippen molar-refractivity contribution in [1.29, 1.82) is 0 Å². The molecule has 0 saturated carbocycles. The minimum absolute atomic E-state index is 0.304. The van der Waals surface area contributed by atoms with Crippen LogP contribution in [-0.2, 0) is 7.05 Å². The fourth-order valence-corrected chi connectivity index (χ4v) is 3.79. The summed E-state index contributed by atoms with van der Waals surface area (Å²) in [6.07, 6.45) is 2.04. The third-order valence-corrected chi connectivity index (χ3v) is 5.45. The zero-order valence-corrected chi connectivity index (χ0v) is 17.3. The van der Waals surface area contributed by atoms with Gasteiger partial charge < -0.3 is 18.8 Å². The molecule has 0 aliphatic heterocycles. The summed E-state index contributed by atoms with van der Waals surface area (Å²) < 4.78 is 19.2. The van der Waals surface area contributed by atoms with E-state index in [0.29, 0.717) is 34.2 Å². The zero-order valence-electron chi connectivity index (χ0n) is 16.5. The Kier molecular flexibility index (Phi) is 6.36. The number of carbonyl (C=O) groups excluding carboxylic acids is 1. The van der Waals surface area contributed by atoms with Crippen LogP contribution in [0, 0.1) is 0 Å². The van der Waals surface area contributed by atoms with Crippen molar-refractivity contribution in [3.8, 4) is 17.2 Å². The Bertz CT molecular complexity index is 1050. The van der Waals surface area contributed by atoms with Crippen molar-refractivity contribution < 1.29 is 19.0 Å². The molecule has 1 aromatic heterocycles. The molecule has 0 aliphatic rings. The average Bonchev–Trinajstić information content (AvgIpc) is 3.01. The van der Waals surface area contributed by atoms with Crippen molar-refractivity contribution in [2.45, 2.75) is 19.8 Å². The maximum absolute atomic E-state index is 12.7. The molecule has 0 radical (unpaired) electrons. The quantitative estimate of drug-likeness (QED) is 0.558. The van der Waals surface area contributed by atoms with E-state index in [1.165, 1.54) is 11.3 Å². The highest BCUT2D eigenvalue weighted by Crippen LogP contribution is 2.33. The summed E-state index contributed by atoms with van der Waals surface area (Å²) in [5.74, 6) is 1.66. The number of hydrogen-bond donors (Lipinski definition) is 0. The molecule has 0 fully saturated rings. The van der Waals surface area contributed by atoms with E-state index < -0.39 is 0 Å². The normalized spacial score (nSPS) is 11.6. The molecule has 0 saturated heterocycles. The molecular weight excluding hydrogens is 376 g/mol. The summed E-state index contributed by atoms with van der Waals surface area (Å²) in [6.45, 7) is 2.75. The summed E-state index contributed by atoms with van der Waals surface area (Å²) >= 11 is 1.43. The zero-order chi connectivity index (χ0) is 20.1. The van der Waals surface area contributed by atoms with Crippen LogP contribution in [-0.4, -0.2) is 31.3 Å². The number of fused-ring (bicyclic) bond motifs is 1. The van der Waals surface area contributed by atoms with Gasteiger partial charge in [0, 0.05) is 24.7 Å². The topological polar surface area (TPSA) is 62.1 Å². The lowest BCUT2D eigenvalue weighted by Crippen LogP contribution is -2.13. The van der Waals surface area contributed by atoms with Gasteiger partial charge in [0.1, 0.15) is 5.75 Å². The maximum Gasteiger partial charge on any atom is 0.279 e. The van der Waals surface area contributed by atoms with Crippen LogP contribution < -0.4 is 19.0 Å². The predicted molar refractivity (Wildman–Crippen MR) is 111 cm³/mol. The van der Waals surface area contributed by atoms with Gasteiger partial charge in [0.2, 0.25) is 0 Å². The van der Waals surface area contributed by atoms with Gasteiger partial charge in [-0.2, -0.15) is 4.99 Å². The fourth-order valence-electron chi connectivity index (χ4n) is 2.77. The Morgan fingerprint density at radius 1 is 1.14 bits per heavy atom. The molecule has 0 spiro atoms. The molecule has 6 nitrogen and oxygen atoms in total. The second kappa shape index (κ2) is 8.93. The number of aryl methyl sites for hydroxylation is 1. The van der Waals surface area contributed by atoms with Crippen molar-refractivity contribution in [2.24, 2.45) is 12.0 Å². The highest BCUT2D eigenvalue weighted by Gasteiger charge is 2.12. The van der Waals surface area contributed by atoms with E-state index >= 15 is 0 Å². The van der Waals surface area contributed by atoms with Gasteiger partial charge in [0.25, 0.3) is 5.91 Å². The molecule has 0 atom stereocenters. The van der Waals surface area contributed by atoms with E-state index in [1.807, 2.05) is 35.9 Å². The molecule has 1 heterocycles. The van der Waals surface area contributed by atoms with Gasteiger partial charge >= 0.3 is 0 Å². The van der Waals surface area contributed by atoms with E-state index in [2.05, 4.69) is 11.9 Å². The predicted octanol–water partition coefficient (Wildman–Crippen LogP) is 4.18. The van der Waals surface area contributed by atoms with Gasteiger partial charge in [-0.25, -0.2) is 0 Å². The largest absolute Gasteiger partial charge is 0.494 e. The minimum atomic E-state index is -0.304. The Morgan fingerprint density at radius 2 is 1.89 bits per heavy atom. The Morgan fingerprint density at radius 3 is 2.61 bits per heavy atom. The molecule has 0 bridgehead atoms. The van der Waals surface area contributed by atoms with Gasteiger partial charge in [0.05, 0.1) is 31.0 Å². The Labute approximate surface area is 168 Å². The summed E-state index contributed by atoms with van der Waals surface area (Å²) in [4.78, 5) is 17.6. The fraction of sp³-hybridized carbons (Fsp3) is 0.333. The van der Waals surface area contributed by atoms with Crippen LogP contribution in [0.2, 0.25) is 0 Å². The van der Waals surface area contributed by atoms with Gasteiger partial charge in [-0.15, -0.1) is 0 Å². The van der Waals surface area contributed by atoms with Crippen molar-refractivity contribution in [3.63, 3.8) is 0 Å². The lowest BCUT2D eigenvalue weighted by atomic mass is 10.2. The first-order chi connectivity index (χ1) is 13.6. The molecule has 0 unspecified atom stereocenters. The van der Waals surface area contributed by atoms with Crippen LogP contribution in [0.25, 0.3) is 10.2 Å². The van der Waals surface area contributed by atoms with Gasteiger partial charge in [0.15, 0.2) is 16.3 Å². The molecule has 1 amide bonds. The number of benzene rings is 2. The minimum Gasteiger partial charge on any atom is -0.494 e. The lowest BCUT2D eigenvalue weighted by molar-refractivity contribution is 0.0997. The number of unbranched alkanes of at least 4 members (excludes halogenated alkanes) is 1. The Balaban J connectivity index is 1.94. The van der Waals surface area contributed by atoms with Crippen LogP contribution in [0.15, 0.2) is 41.4 Å². The molecule has 148 valence electrons. The highest BCUT2D eigenvalue weighted by atomic mass is 32.1. The second-order valence-electron chi connectivity index (χ2n) is 6.27. The summed E-state index contributed by atoms with van der Waals surface area (Å²) in [5.41, 5.74) is 1.42. The first kappa shape index (κ1) is 19.9.